The van der Waals surface area contributed by atoms with Crippen LogP contribution in [0.4, 0.5) is 0 Å². The molecule has 0 amide bonds. The lowest BCUT2D eigenvalue weighted by atomic mass is 10.0. The maximum atomic E-state index is 2.12. The maximum Gasteiger partial charge on any atom is 0 e. The molecule has 0 nitrogen and oxygen atoms in total. The van der Waals surface area contributed by atoms with Crippen molar-refractivity contribution >= 4 is 8.41 Å². The Labute approximate surface area is 103 Å². The standard InChI is InChI=1S/C6H12.2C3H8.2CH4.B/c1-2-4-6-5-3-1;2*1-3-2;;;/h1-6H2;2*3H2,1-2H3;2*1H4;. The molecule has 1 rings (SSSR count). The van der Waals surface area contributed by atoms with E-state index in [1.807, 2.05) is 0 Å². The van der Waals surface area contributed by atoms with Crippen LogP contribution in [0.15, 0.2) is 0 Å². The smallest absolute Gasteiger partial charge is 0 e. The van der Waals surface area contributed by atoms with Crippen LogP contribution < -0.4 is 0 Å². The molecule has 1 aliphatic carbocycles. The van der Waals surface area contributed by atoms with Gasteiger partial charge in [0.05, 0.1) is 0 Å². The first-order valence-corrected chi connectivity index (χ1v) is 5.83. The molecule has 0 aromatic rings. The van der Waals surface area contributed by atoms with Crippen molar-refractivity contribution in [2.45, 2.75) is 93.9 Å². The highest BCUT2D eigenvalue weighted by molar-refractivity contribution is 5.75. The van der Waals surface area contributed by atoms with Gasteiger partial charge in [0, 0.05) is 8.41 Å². The van der Waals surface area contributed by atoms with E-state index < -0.39 is 0 Å². The topological polar surface area (TPSA) is 0 Å². The zero-order valence-electron chi connectivity index (χ0n) is 10.2. The Balaban J connectivity index is -0.0000000333. The molecule has 0 atom stereocenters. The molecule has 0 heterocycles. The lowest BCUT2D eigenvalue weighted by Gasteiger charge is -2.05. The molecule has 0 spiro atoms. The highest BCUT2D eigenvalue weighted by Crippen LogP contribution is 2.15. The summed E-state index contributed by atoms with van der Waals surface area (Å²) < 4.78 is 0. The van der Waals surface area contributed by atoms with Gasteiger partial charge in [0.25, 0.3) is 0 Å². The lowest BCUT2D eigenvalue weighted by Crippen LogP contribution is -1.85. The summed E-state index contributed by atoms with van der Waals surface area (Å²) in [4.78, 5) is 0. The molecule has 0 N–H and O–H groups in total. The fourth-order valence-corrected chi connectivity index (χ4v) is 1.06. The van der Waals surface area contributed by atoms with Crippen molar-refractivity contribution in [3.05, 3.63) is 0 Å². The van der Waals surface area contributed by atoms with E-state index in [1.54, 1.807) is 0 Å². The Hall–Kier alpha value is 0.0649. The summed E-state index contributed by atoms with van der Waals surface area (Å²) in [6.45, 7) is 8.50. The minimum absolute atomic E-state index is 0. The van der Waals surface area contributed by atoms with Crippen LogP contribution in [0.2, 0.25) is 0 Å². The summed E-state index contributed by atoms with van der Waals surface area (Å²) in [7, 11) is 0. The van der Waals surface area contributed by atoms with Gasteiger partial charge >= 0.3 is 0 Å². The summed E-state index contributed by atoms with van der Waals surface area (Å²) in [5.41, 5.74) is 0. The predicted octanol–water partition coefficient (Wildman–Crippen LogP) is 6.06. The van der Waals surface area contributed by atoms with Crippen molar-refractivity contribution in [1.29, 1.82) is 0 Å². The molecule has 0 unspecified atom stereocenters. The minimum atomic E-state index is 0. The summed E-state index contributed by atoms with van der Waals surface area (Å²) >= 11 is 0. The normalized spacial score (nSPS) is 12.0. The van der Waals surface area contributed by atoms with Crippen LogP contribution in [0, 0.1) is 0 Å². The van der Waals surface area contributed by atoms with Crippen molar-refractivity contribution < 1.29 is 0 Å². The Bertz CT molecular complexity index is 35.8. The zero-order valence-corrected chi connectivity index (χ0v) is 10.2. The first kappa shape index (κ1) is 29.4. The van der Waals surface area contributed by atoms with E-state index in [2.05, 4.69) is 27.7 Å². The fraction of sp³-hybridized carbons (Fsp3) is 1.00. The van der Waals surface area contributed by atoms with Crippen LogP contribution >= 0.6 is 0 Å². The third kappa shape index (κ3) is 55.7. The van der Waals surface area contributed by atoms with Gasteiger partial charge < -0.3 is 0 Å². The Morgan fingerprint density at radius 2 is 0.600 bits per heavy atom. The van der Waals surface area contributed by atoms with Crippen LogP contribution in [-0.2, 0) is 0 Å². The summed E-state index contributed by atoms with van der Waals surface area (Å²) in [5.74, 6) is 0. The van der Waals surface area contributed by atoms with Crippen LogP contribution in [0.1, 0.15) is 93.9 Å². The van der Waals surface area contributed by atoms with Crippen LogP contribution in [0.3, 0.4) is 0 Å². The van der Waals surface area contributed by atoms with E-state index in [9.17, 15) is 0 Å². The summed E-state index contributed by atoms with van der Waals surface area (Å²) in [5, 5.41) is 0. The first-order chi connectivity index (χ1) is 5.83. The van der Waals surface area contributed by atoms with Gasteiger partial charge in [-0.3, -0.25) is 0 Å². The van der Waals surface area contributed by atoms with E-state index in [0.29, 0.717) is 0 Å². The summed E-state index contributed by atoms with van der Waals surface area (Å²) in [6.07, 6.45) is 11.5. The molecule has 1 heteroatoms. The highest BCUT2D eigenvalue weighted by Gasteiger charge is 1.95. The second-order valence-electron chi connectivity index (χ2n) is 3.54. The third-order valence-corrected chi connectivity index (χ3v) is 1.50. The molecule has 3 radical (unpaired) electrons. The minimum Gasteiger partial charge on any atom is -0.0776 e. The van der Waals surface area contributed by atoms with E-state index >= 15 is 0 Å². The predicted molar refractivity (Wildman–Crippen MR) is 78.8 cm³/mol. The molecule has 95 valence electrons. The van der Waals surface area contributed by atoms with Gasteiger partial charge in [-0.1, -0.05) is 93.9 Å². The Morgan fingerprint density at radius 3 is 0.667 bits per heavy atom. The Kier molecular flexibility index (Phi) is 72.4. The maximum absolute atomic E-state index is 2.12. The van der Waals surface area contributed by atoms with Gasteiger partial charge in [-0.25, -0.2) is 0 Å². The highest BCUT2D eigenvalue weighted by atomic mass is 14.0. The molecule has 0 aromatic heterocycles. The number of hydrogen-bond acceptors (Lipinski definition) is 0. The van der Waals surface area contributed by atoms with Crippen molar-refractivity contribution in [2.24, 2.45) is 0 Å². The fourth-order valence-electron chi connectivity index (χ4n) is 1.06. The summed E-state index contributed by atoms with van der Waals surface area (Å²) in [6, 6.07) is 0. The Morgan fingerprint density at radius 1 is 0.533 bits per heavy atom. The van der Waals surface area contributed by atoms with Crippen molar-refractivity contribution in [3.8, 4) is 0 Å². The molecule has 15 heavy (non-hydrogen) atoms. The molecule has 0 saturated heterocycles. The first-order valence-electron chi connectivity index (χ1n) is 5.83. The van der Waals surface area contributed by atoms with Gasteiger partial charge in [0.15, 0.2) is 0 Å². The molecular weight excluding hydrogens is 179 g/mol. The molecule has 1 fully saturated rings. The van der Waals surface area contributed by atoms with E-state index in [4.69, 9.17) is 0 Å². The third-order valence-electron chi connectivity index (χ3n) is 1.50. The van der Waals surface area contributed by atoms with Crippen molar-refractivity contribution in [1.82, 2.24) is 0 Å². The monoisotopic (exact) mass is 215 g/mol. The molecular formula is C14H36B. The average Bonchev–Trinajstić information content (AvgIpc) is 2.10. The van der Waals surface area contributed by atoms with Crippen LogP contribution in [-0.4, -0.2) is 8.41 Å². The van der Waals surface area contributed by atoms with Crippen LogP contribution in [0.25, 0.3) is 0 Å². The lowest BCUT2D eigenvalue weighted by molar-refractivity contribution is 0.504. The molecule has 1 aliphatic rings. The zero-order chi connectivity index (χ0) is 9.66. The largest absolute Gasteiger partial charge is 0.0776 e. The van der Waals surface area contributed by atoms with Gasteiger partial charge in [-0.2, -0.15) is 0 Å². The van der Waals surface area contributed by atoms with E-state index in [1.165, 1.54) is 51.4 Å². The van der Waals surface area contributed by atoms with Crippen molar-refractivity contribution in [3.63, 3.8) is 0 Å². The SMILES string of the molecule is C.C.C1CCCCC1.CCC.CCC.[B]. The average molecular weight is 215 g/mol. The van der Waals surface area contributed by atoms with E-state index in [-0.39, 0.29) is 23.3 Å². The number of rotatable bonds is 0. The van der Waals surface area contributed by atoms with Gasteiger partial charge in [0.2, 0.25) is 0 Å². The molecule has 0 aromatic carbocycles. The second kappa shape index (κ2) is 36.9. The number of hydrogen-bond donors (Lipinski definition) is 0. The van der Waals surface area contributed by atoms with Gasteiger partial charge in [0.1, 0.15) is 0 Å². The quantitative estimate of drug-likeness (QED) is 0.430. The van der Waals surface area contributed by atoms with Crippen molar-refractivity contribution in [2.75, 3.05) is 0 Å². The molecule has 0 aliphatic heterocycles. The second-order valence-corrected chi connectivity index (χ2v) is 3.54. The van der Waals surface area contributed by atoms with Gasteiger partial charge in [-0.05, 0) is 0 Å². The van der Waals surface area contributed by atoms with Crippen LogP contribution in [0.5, 0.6) is 0 Å². The van der Waals surface area contributed by atoms with Gasteiger partial charge in [-0.15, -0.1) is 0 Å². The van der Waals surface area contributed by atoms with E-state index in [0.717, 1.165) is 0 Å². The molecule has 0 bridgehead atoms. The molecule has 1 saturated carbocycles.